The Morgan fingerprint density at radius 3 is 2.67 bits per heavy atom. The molecule has 0 saturated heterocycles. The molecule has 0 aliphatic rings. The van der Waals surface area contributed by atoms with E-state index >= 15 is 0 Å². The fourth-order valence-electron chi connectivity index (χ4n) is 0.866. The monoisotopic (exact) mass is 184 g/mol. The Bertz CT molecular complexity index is 294. The average molecular weight is 185 g/mol. The van der Waals surface area contributed by atoms with Gasteiger partial charge in [-0.3, -0.25) is 0 Å². The molecule has 3 heteroatoms. The predicted octanol–water partition coefficient (Wildman–Crippen LogP) is 1.96. The van der Waals surface area contributed by atoms with Crippen LogP contribution in [0.3, 0.4) is 0 Å². The first-order chi connectivity index (χ1) is 5.75. The van der Waals surface area contributed by atoms with Crippen molar-refractivity contribution in [3.8, 4) is 5.75 Å². The smallest absolute Gasteiger partial charge is 0.124 e. The molecule has 0 unspecified atom stereocenters. The van der Waals surface area contributed by atoms with Crippen molar-refractivity contribution in [1.82, 2.24) is 0 Å². The van der Waals surface area contributed by atoms with Gasteiger partial charge >= 0.3 is 0 Å². The van der Waals surface area contributed by atoms with Crippen LogP contribution in [-0.2, 0) is 0 Å². The number of rotatable bonds is 2. The lowest BCUT2D eigenvalue weighted by molar-refractivity contribution is 0.343. The SMILES string of the molecule is OC/C=C(/Cl)c1ccccc1O. The van der Waals surface area contributed by atoms with Crippen molar-refractivity contribution in [2.45, 2.75) is 0 Å². The molecule has 0 radical (unpaired) electrons. The van der Waals surface area contributed by atoms with E-state index in [-0.39, 0.29) is 12.4 Å². The van der Waals surface area contributed by atoms with Crippen LogP contribution in [0.4, 0.5) is 0 Å². The number of halogens is 1. The normalized spacial score (nSPS) is 11.7. The summed E-state index contributed by atoms with van der Waals surface area (Å²) < 4.78 is 0. The molecule has 1 aromatic carbocycles. The molecule has 0 heterocycles. The van der Waals surface area contributed by atoms with Gasteiger partial charge in [-0.15, -0.1) is 0 Å². The summed E-state index contributed by atoms with van der Waals surface area (Å²) in [6, 6.07) is 6.71. The van der Waals surface area contributed by atoms with Gasteiger partial charge in [-0.05, 0) is 18.2 Å². The second-order valence-corrected chi connectivity index (χ2v) is 2.66. The Labute approximate surface area is 75.7 Å². The quantitative estimate of drug-likeness (QED) is 0.738. The van der Waals surface area contributed by atoms with Gasteiger partial charge in [0.05, 0.1) is 6.61 Å². The minimum absolute atomic E-state index is 0.118. The lowest BCUT2D eigenvalue weighted by Crippen LogP contribution is -1.80. The molecule has 0 aliphatic carbocycles. The number of phenolic OH excluding ortho intramolecular Hbond substituents is 1. The van der Waals surface area contributed by atoms with Crippen molar-refractivity contribution in [2.24, 2.45) is 0 Å². The maximum Gasteiger partial charge on any atom is 0.124 e. The molecule has 0 aliphatic heterocycles. The summed E-state index contributed by atoms with van der Waals surface area (Å²) in [6.07, 6.45) is 1.43. The average Bonchev–Trinajstić information content (AvgIpc) is 2.05. The number of benzene rings is 1. The van der Waals surface area contributed by atoms with E-state index in [0.717, 1.165) is 0 Å². The van der Waals surface area contributed by atoms with E-state index in [1.165, 1.54) is 6.08 Å². The van der Waals surface area contributed by atoms with Gasteiger partial charge in [-0.1, -0.05) is 23.7 Å². The van der Waals surface area contributed by atoms with Crippen molar-refractivity contribution >= 4 is 16.6 Å². The summed E-state index contributed by atoms with van der Waals surface area (Å²) in [5.74, 6) is 0.118. The molecule has 0 amide bonds. The Morgan fingerprint density at radius 2 is 2.08 bits per heavy atom. The van der Waals surface area contributed by atoms with Gasteiger partial charge in [-0.25, -0.2) is 0 Å². The minimum atomic E-state index is -0.132. The molecule has 1 aromatic rings. The molecule has 0 aromatic heterocycles. The third-order valence-corrected chi connectivity index (χ3v) is 1.79. The van der Waals surface area contributed by atoms with Crippen LogP contribution in [-0.4, -0.2) is 16.8 Å². The summed E-state index contributed by atoms with van der Waals surface area (Å²) >= 11 is 5.75. The van der Waals surface area contributed by atoms with Crippen LogP contribution in [0.25, 0.3) is 5.03 Å². The van der Waals surface area contributed by atoms with Gasteiger partial charge in [0.25, 0.3) is 0 Å². The van der Waals surface area contributed by atoms with Crippen molar-refractivity contribution in [3.05, 3.63) is 35.9 Å². The molecule has 12 heavy (non-hydrogen) atoms. The van der Waals surface area contributed by atoms with Crippen molar-refractivity contribution in [3.63, 3.8) is 0 Å². The topological polar surface area (TPSA) is 40.5 Å². The van der Waals surface area contributed by atoms with Gasteiger partial charge in [0.2, 0.25) is 0 Å². The molecule has 0 bridgehead atoms. The summed E-state index contributed by atoms with van der Waals surface area (Å²) in [7, 11) is 0. The first kappa shape index (κ1) is 9.10. The lowest BCUT2D eigenvalue weighted by Gasteiger charge is -2.00. The summed E-state index contributed by atoms with van der Waals surface area (Å²) in [5, 5.41) is 18.2. The summed E-state index contributed by atoms with van der Waals surface area (Å²) in [5.41, 5.74) is 0.535. The number of phenols is 1. The van der Waals surface area contributed by atoms with E-state index in [4.69, 9.17) is 16.7 Å². The number of aliphatic hydroxyl groups excluding tert-OH is 1. The first-order valence-corrected chi connectivity index (χ1v) is 3.88. The van der Waals surface area contributed by atoms with Crippen LogP contribution >= 0.6 is 11.6 Å². The zero-order valence-corrected chi connectivity index (χ0v) is 7.12. The maximum atomic E-state index is 9.30. The minimum Gasteiger partial charge on any atom is -0.507 e. The fraction of sp³-hybridized carbons (Fsp3) is 0.111. The number of para-hydroxylation sites is 1. The number of hydrogen-bond donors (Lipinski definition) is 2. The predicted molar refractivity (Wildman–Crippen MR) is 49.0 cm³/mol. The van der Waals surface area contributed by atoms with Crippen LogP contribution in [0.1, 0.15) is 5.56 Å². The molecule has 2 N–H and O–H groups in total. The zero-order valence-electron chi connectivity index (χ0n) is 6.37. The van der Waals surface area contributed by atoms with Crippen LogP contribution in [0.15, 0.2) is 30.3 Å². The molecule has 0 saturated carbocycles. The third kappa shape index (κ3) is 2.00. The molecule has 1 rings (SSSR count). The van der Waals surface area contributed by atoms with Crippen LogP contribution < -0.4 is 0 Å². The largest absolute Gasteiger partial charge is 0.507 e. The molecule has 0 spiro atoms. The molecular weight excluding hydrogens is 176 g/mol. The third-order valence-electron chi connectivity index (χ3n) is 1.43. The van der Waals surface area contributed by atoms with Gasteiger partial charge in [0, 0.05) is 10.6 Å². The highest BCUT2D eigenvalue weighted by atomic mass is 35.5. The van der Waals surface area contributed by atoms with Crippen LogP contribution in [0, 0.1) is 0 Å². The highest BCUT2D eigenvalue weighted by Crippen LogP contribution is 2.26. The van der Waals surface area contributed by atoms with Gasteiger partial charge in [0.1, 0.15) is 5.75 Å². The highest BCUT2D eigenvalue weighted by Gasteiger charge is 2.01. The van der Waals surface area contributed by atoms with E-state index in [1.807, 2.05) is 0 Å². The maximum absolute atomic E-state index is 9.30. The lowest BCUT2D eigenvalue weighted by atomic mass is 10.2. The Hall–Kier alpha value is -0.990. The second kappa shape index (κ2) is 4.14. The number of aromatic hydroxyl groups is 1. The molecule has 0 atom stereocenters. The highest BCUT2D eigenvalue weighted by molar-refractivity contribution is 6.49. The van der Waals surface area contributed by atoms with Gasteiger partial charge < -0.3 is 10.2 Å². The Balaban J connectivity index is 3.02. The Kier molecular flexibility index (Phi) is 3.14. The van der Waals surface area contributed by atoms with Crippen LogP contribution in [0.2, 0.25) is 0 Å². The van der Waals surface area contributed by atoms with Crippen molar-refractivity contribution in [1.29, 1.82) is 0 Å². The van der Waals surface area contributed by atoms with Crippen LogP contribution in [0.5, 0.6) is 5.75 Å². The summed E-state index contributed by atoms with van der Waals surface area (Å²) in [4.78, 5) is 0. The second-order valence-electron chi connectivity index (χ2n) is 2.25. The van der Waals surface area contributed by atoms with Gasteiger partial charge in [0.15, 0.2) is 0 Å². The van der Waals surface area contributed by atoms with Crippen molar-refractivity contribution < 1.29 is 10.2 Å². The number of aliphatic hydroxyl groups is 1. The molecular formula is C9H9ClO2. The zero-order chi connectivity index (χ0) is 8.97. The van der Waals surface area contributed by atoms with E-state index in [2.05, 4.69) is 0 Å². The summed E-state index contributed by atoms with van der Waals surface area (Å²) in [6.45, 7) is -0.132. The van der Waals surface area contributed by atoms with Gasteiger partial charge in [-0.2, -0.15) is 0 Å². The molecule has 64 valence electrons. The van der Waals surface area contributed by atoms with E-state index < -0.39 is 0 Å². The van der Waals surface area contributed by atoms with E-state index in [9.17, 15) is 5.11 Å². The molecule has 2 nitrogen and oxygen atoms in total. The standard InChI is InChI=1S/C9H9ClO2/c10-8(5-6-11)7-3-1-2-4-9(7)12/h1-5,11-12H,6H2/b8-5+. The molecule has 0 fully saturated rings. The Morgan fingerprint density at radius 1 is 1.42 bits per heavy atom. The fourth-order valence-corrected chi connectivity index (χ4v) is 1.09. The van der Waals surface area contributed by atoms with E-state index in [0.29, 0.717) is 10.6 Å². The first-order valence-electron chi connectivity index (χ1n) is 3.50. The van der Waals surface area contributed by atoms with E-state index in [1.54, 1.807) is 24.3 Å². The number of hydrogen-bond acceptors (Lipinski definition) is 2. The van der Waals surface area contributed by atoms with Crippen molar-refractivity contribution in [2.75, 3.05) is 6.61 Å².